The van der Waals surface area contributed by atoms with Crippen LogP contribution in [0.25, 0.3) is 22.2 Å². The van der Waals surface area contributed by atoms with E-state index in [4.69, 9.17) is 22.1 Å². The summed E-state index contributed by atoms with van der Waals surface area (Å²) in [6, 6.07) is 12.0. The van der Waals surface area contributed by atoms with Crippen LogP contribution in [0.4, 0.5) is 5.95 Å². The predicted molar refractivity (Wildman–Crippen MR) is 114 cm³/mol. The Kier molecular flexibility index (Phi) is 4.79. The van der Waals surface area contributed by atoms with Gasteiger partial charge in [-0.3, -0.25) is 4.98 Å². The molecule has 0 aliphatic carbocycles. The Hall–Kier alpha value is -2.74. The molecular formula is C21H16ClN5OS. The van der Waals surface area contributed by atoms with E-state index in [2.05, 4.69) is 26.0 Å². The van der Waals surface area contributed by atoms with Gasteiger partial charge >= 0.3 is 0 Å². The molecule has 29 heavy (non-hydrogen) atoms. The summed E-state index contributed by atoms with van der Waals surface area (Å²) in [4.78, 5) is 17.4. The van der Waals surface area contributed by atoms with E-state index in [-0.39, 0.29) is 5.95 Å². The van der Waals surface area contributed by atoms with Crippen molar-refractivity contribution in [3.05, 3.63) is 70.5 Å². The summed E-state index contributed by atoms with van der Waals surface area (Å²) in [6.07, 6.45) is 3.53. The number of hydrogen-bond acceptors (Lipinski definition) is 7. The lowest BCUT2D eigenvalue weighted by Gasteiger charge is -2.20. The number of nitrogen functional groups attached to an aromatic ring is 1. The number of benzene rings is 2. The first kappa shape index (κ1) is 18.3. The van der Waals surface area contributed by atoms with Gasteiger partial charge in [-0.05, 0) is 45.7 Å². The highest BCUT2D eigenvalue weighted by Crippen LogP contribution is 2.39. The molecule has 0 atom stereocenters. The van der Waals surface area contributed by atoms with Crippen molar-refractivity contribution < 1.29 is 4.74 Å². The number of hydrogen-bond donors (Lipinski definition) is 1. The Morgan fingerprint density at radius 3 is 2.72 bits per heavy atom. The van der Waals surface area contributed by atoms with Crippen molar-refractivity contribution in [3.63, 3.8) is 0 Å². The fourth-order valence-corrected chi connectivity index (χ4v) is 4.64. The van der Waals surface area contributed by atoms with Gasteiger partial charge < -0.3 is 10.5 Å². The summed E-state index contributed by atoms with van der Waals surface area (Å²) in [5.41, 5.74) is 10.1. The van der Waals surface area contributed by atoms with Crippen molar-refractivity contribution in [1.82, 2.24) is 19.9 Å². The van der Waals surface area contributed by atoms with Gasteiger partial charge in [0.2, 0.25) is 5.95 Å². The van der Waals surface area contributed by atoms with Crippen LogP contribution in [0.3, 0.4) is 0 Å². The first-order chi connectivity index (χ1) is 14.2. The quantitative estimate of drug-likeness (QED) is 0.480. The maximum Gasteiger partial charge on any atom is 0.224 e. The van der Waals surface area contributed by atoms with Crippen molar-refractivity contribution >= 4 is 40.1 Å². The summed E-state index contributed by atoms with van der Waals surface area (Å²) in [5.74, 6) is 1.36. The minimum absolute atomic E-state index is 0.173. The molecule has 5 rings (SSSR count). The molecule has 2 aromatic heterocycles. The number of pyridine rings is 1. The Bertz CT molecular complexity index is 1220. The molecule has 0 bridgehead atoms. The second-order valence-corrected chi connectivity index (χ2v) is 8.02. The average Bonchev–Trinajstić information content (AvgIpc) is 2.73. The zero-order chi connectivity index (χ0) is 19.8. The molecule has 4 aromatic rings. The van der Waals surface area contributed by atoms with E-state index in [9.17, 15) is 0 Å². The monoisotopic (exact) mass is 421 g/mol. The molecule has 2 N–H and O–H groups in total. The average molecular weight is 422 g/mol. The van der Waals surface area contributed by atoms with E-state index in [1.165, 1.54) is 11.8 Å². The maximum absolute atomic E-state index is 6.67. The molecule has 0 saturated carbocycles. The molecule has 0 unspecified atom stereocenters. The van der Waals surface area contributed by atoms with E-state index in [0.29, 0.717) is 35.0 Å². The molecular weight excluding hydrogens is 406 g/mol. The minimum atomic E-state index is 0.173. The fraction of sp³-hybridized carbons (Fsp3) is 0.143. The van der Waals surface area contributed by atoms with Gasteiger partial charge in [0.25, 0.3) is 0 Å². The highest BCUT2D eigenvalue weighted by Gasteiger charge is 2.21. The van der Waals surface area contributed by atoms with Gasteiger partial charge in [0.05, 0.1) is 18.2 Å². The van der Waals surface area contributed by atoms with E-state index in [1.807, 2.05) is 30.3 Å². The lowest BCUT2D eigenvalue weighted by Crippen LogP contribution is -2.06. The van der Waals surface area contributed by atoms with Crippen molar-refractivity contribution in [1.29, 1.82) is 0 Å². The van der Waals surface area contributed by atoms with Crippen LogP contribution < -0.4 is 5.73 Å². The first-order valence-corrected chi connectivity index (χ1v) is 10.4. The summed E-state index contributed by atoms with van der Waals surface area (Å²) in [6.45, 7) is 1.12. The van der Waals surface area contributed by atoms with Gasteiger partial charge in [-0.15, -0.1) is 0 Å². The van der Waals surface area contributed by atoms with Gasteiger partial charge in [0, 0.05) is 23.7 Å². The van der Waals surface area contributed by atoms with Crippen LogP contribution in [0.15, 0.2) is 53.9 Å². The molecule has 1 aliphatic rings. The Morgan fingerprint density at radius 1 is 1.03 bits per heavy atom. The lowest BCUT2D eigenvalue weighted by atomic mass is 9.94. The number of anilines is 1. The van der Waals surface area contributed by atoms with Gasteiger partial charge in [0.15, 0.2) is 11.0 Å². The minimum Gasteiger partial charge on any atom is -0.372 e. The molecule has 3 heterocycles. The van der Waals surface area contributed by atoms with Gasteiger partial charge in [-0.25, -0.2) is 4.98 Å². The number of thioether (sulfide) groups is 1. The molecule has 0 radical (unpaired) electrons. The number of rotatable bonds is 4. The topological polar surface area (TPSA) is 86.8 Å². The molecule has 144 valence electrons. The molecule has 2 aromatic carbocycles. The van der Waals surface area contributed by atoms with Crippen LogP contribution in [-0.4, -0.2) is 19.9 Å². The van der Waals surface area contributed by atoms with Crippen LogP contribution in [0.2, 0.25) is 5.02 Å². The van der Waals surface area contributed by atoms with Crippen LogP contribution in [-0.2, 0) is 23.7 Å². The second kappa shape index (κ2) is 7.59. The zero-order valence-corrected chi connectivity index (χ0v) is 16.9. The summed E-state index contributed by atoms with van der Waals surface area (Å²) >= 11 is 8.16. The third-order valence-corrected chi connectivity index (χ3v) is 5.99. The zero-order valence-electron chi connectivity index (χ0n) is 15.3. The summed E-state index contributed by atoms with van der Waals surface area (Å²) < 4.78 is 5.67. The van der Waals surface area contributed by atoms with E-state index in [0.717, 1.165) is 33.0 Å². The van der Waals surface area contributed by atoms with Crippen LogP contribution in [0, 0.1) is 0 Å². The van der Waals surface area contributed by atoms with Crippen molar-refractivity contribution in [3.8, 4) is 11.4 Å². The van der Waals surface area contributed by atoms with Crippen molar-refractivity contribution in [2.45, 2.75) is 24.1 Å². The number of aromatic nitrogens is 4. The molecule has 0 fully saturated rings. The number of halogens is 1. The van der Waals surface area contributed by atoms with Crippen molar-refractivity contribution in [2.24, 2.45) is 0 Å². The van der Waals surface area contributed by atoms with E-state index < -0.39 is 0 Å². The van der Waals surface area contributed by atoms with E-state index >= 15 is 0 Å². The largest absolute Gasteiger partial charge is 0.372 e. The van der Waals surface area contributed by atoms with E-state index in [1.54, 1.807) is 12.4 Å². The standard InChI is InChI=1S/C21H16ClN5OS/c22-16-8-14-10-28-9-13-2-1-3-15(17(13)14)18(16)19-25-20(23)27-21(26-19)29-11-12-4-6-24-7-5-12/h1-8H,9-11H2,(H2,23,25,26,27). The van der Waals surface area contributed by atoms with Gasteiger partial charge in [-0.2, -0.15) is 9.97 Å². The molecule has 0 saturated heterocycles. The highest BCUT2D eigenvalue weighted by molar-refractivity contribution is 7.98. The third kappa shape index (κ3) is 3.53. The number of nitrogens with zero attached hydrogens (tertiary/aromatic N) is 4. The predicted octanol–water partition coefficient (Wildman–Crippen LogP) is 4.64. The van der Waals surface area contributed by atoms with Crippen LogP contribution in [0.1, 0.15) is 16.7 Å². The maximum atomic E-state index is 6.67. The second-order valence-electron chi connectivity index (χ2n) is 6.67. The smallest absolute Gasteiger partial charge is 0.224 e. The Morgan fingerprint density at radius 2 is 1.86 bits per heavy atom. The summed E-state index contributed by atoms with van der Waals surface area (Å²) in [5, 5.41) is 3.29. The Balaban J connectivity index is 1.60. The molecule has 0 spiro atoms. The third-order valence-electron chi connectivity index (χ3n) is 4.77. The highest BCUT2D eigenvalue weighted by atomic mass is 35.5. The van der Waals surface area contributed by atoms with Crippen LogP contribution >= 0.6 is 23.4 Å². The first-order valence-electron chi connectivity index (χ1n) is 9.03. The number of ether oxygens (including phenoxy) is 1. The fourth-order valence-electron chi connectivity index (χ4n) is 3.52. The lowest BCUT2D eigenvalue weighted by molar-refractivity contribution is 0.103. The van der Waals surface area contributed by atoms with Crippen LogP contribution in [0.5, 0.6) is 0 Å². The molecule has 8 heteroatoms. The Labute approximate surface area is 176 Å². The summed E-state index contributed by atoms with van der Waals surface area (Å²) in [7, 11) is 0. The SMILES string of the molecule is Nc1nc(SCc2ccncc2)nc(-c2c(Cl)cc3c4c(cccc24)COC3)n1. The van der Waals surface area contributed by atoms with Gasteiger partial charge in [-0.1, -0.05) is 41.6 Å². The molecule has 0 amide bonds. The molecule has 6 nitrogen and oxygen atoms in total. The number of nitrogens with two attached hydrogens (primary N) is 1. The van der Waals surface area contributed by atoms with Crippen molar-refractivity contribution in [2.75, 3.05) is 5.73 Å². The molecule has 1 aliphatic heterocycles. The van der Waals surface area contributed by atoms with Gasteiger partial charge in [0.1, 0.15) is 0 Å². The normalized spacial score (nSPS) is 13.0.